The Labute approximate surface area is 185 Å². The summed E-state index contributed by atoms with van der Waals surface area (Å²) in [5.74, 6) is 0.811. The van der Waals surface area contributed by atoms with E-state index in [0.717, 1.165) is 5.79 Å². The van der Waals surface area contributed by atoms with E-state index in [2.05, 4.69) is 0 Å². The third-order valence-electron chi connectivity index (χ3n) is 5.01. The van der Waals surface area contributed by atoms with Crippen molar-refractivity contribution in [3.05, 3.63) is 71.8 Å². The number of rotatable bonds is 4. The van der Waals surface area contributed by atoms with Crippen molar-refractivity contribution in [2.45, 2.75) is 28.9 Å². The lowest BCUT2D eigenvalue weighted by Crippen LogP contribution is -2.52. The van der Waals surface area contributed by atoms with E-state index < -0.39 is 57.7 Å². The molecule has 0 bridgehead atoms. The van der Waals surface area contributed by atoms with Crippen LogP contribution in [-0.4, -0.2) is 49.0 Å². The van der Waals surface area contributed by atoms with Crippen LogP contribution in [0.4, 0.5) is 26.3 Å². The molecule has 0 saturated carbocycles. The molecule has 32 heavy (non-hydrogen) atoms. The van der Waals surface area contributed by atoms with E-state index in [-0.39, 0.29) is 17.7 Å². The summed E-state index contributed by atoms with van der Waals surface area (Å²) < 4.78 is 131. The maximum atomic E-state index is 13.5. The van der Waals surface area contributed by atoms with Gasteiger partial charge in [0.25, 0.3) is 20.0 Å². The minimum absolute atomic E-state index is 0.0756. The van der Waals surface area contributed by atoms with Crippen molar-refractivity contribution >= 4 is 34.6 Å². The number of sulfonamides is 2. The van der Waals surface area contributed by atoms with Gasteiger partial charge in [0, 0.05) is 12.1 Å². The molecule has 2 atom stereocenters. The van der Waals surface area contributed by atoms with Gasteiger partial charge in [-0.3, -0.25) is 0 Å². The first kappa shape index (κ1) is 25.0. The van der Waals surface area contributed by atoms with E-state index in [0.29, 0.717) is 0 Å². The Morgan fingerprint density at radius 2 is 0.938 bits per heavy atom. The van der Waals surface area contributed by atoms with Crippen molar-refractivity contribution < 1.29 is 43.2 Å². The molecule has 174 valence electrons. The number of nitrogens with zero attached hydrogens (tertiary/aromatic N) is 2. The van der Waals surface area contributed by atoms with E-state index in [1.54, 1.807) is 0 Å². The first-order valence-corrected chi connectivity index (χ1v) is 14.0. The van der Waals surface area contributed by atoms with Crippen LogP contribution in [0.3, 0.4) is 0 Å². The summed E-state index contributed by atoms with van der Waals surface area (Å²) >= 11 is -4.13. The number of hydrogen-bond acceptors (Lipinski definition) is 4. The van der Waals surface area contributed by atoms with Crippen LogP contribution in [0.1, 0.15) is 23.2 Å². The molecule has 2 aromatic carbocycles. The van der Waals surface area contributed by atoms with Gasteiger partial charge in [-0.15, -0.1) is 0 Å². The van der Waals surface area contributed by atoms with Crippen LogP contribution in [0.15, 0.2) is 60.7 Å². The fourth-order valence-electron chi connectivity index (χ4n) is 3.75. The van der Waals surface area contributed by atoms with E-state index in [1.807, 2.05) is 0 Å². The molecule has 0 radical (unpaired) electrons. The molecule has 3 rings (SSSR count). The van der Waals surface area contributed by atoms with Gasteiger partial charge >= 0.3 is 25.6 Å². The van der Waals surface area contributed by atoms with Gasteiger partial charge in [0.1, 0.15) is 0 Å². The molecular weight excluding hydrogens is 501 g/mol. The van der Waals surface area contributed by atoms with Crippen molar-refractivity contribution in [2.24, 2.45) is 0 Å². The lowest BCUT2D eigenvalue weighted by molar-refractivity contribution is -0.0486. The smallest absolute Gasteiger partial charge is 0.250 e. The highest BCUT2D eigenvalue weighted by Crippen LogP contribution is 2.52. The van der Waals surface area contributed by atoms with Gasteiger partial charge < -0.3 is 0 Å². The maximum absolute atomic E-state index is 13.5. The summed E-state index contributed by atoms with van der Waals surface area (Å²) in [6, 6.07) is 9.65. The normalized spacial score (nSPS) is 21.8. The Morgan fingerprint density at radius 1 is 0.656 bits per heavy atom. The molecule has 15 heteroatoms. The van der Waals surface area contributed by atoms with Crippen molar-refractivity contribution in [3.8, 4) is 0 Å². The van der Waals surface area contributed by atoms with E-state index >= 15 is 0 Å². The quantitative estimate of drug-likeness (QED) is 0.457. The fraction of sp³-hybridized carbons (Fsp3) is 0.294. The monoisotopic (exact) mass is 516 g/mol. The van der Waals surface area contributed by atoms with Crippen LogP contribution in [-0.2, 0) is 20.0 Å². The molecular formula is C17H15AlF6N2O4S2. The average molecular weight is 516 g/mol. The predicted molar refractivity (Wildman–Crippen MR) is 104 cm³/mol. The Hall–Kier alpha value is -1.63. The topological polar surface area (TPSA) is 74.8 Å². The zero-order valence-corrected chi connectivity index (χ0v) is 18.9. The summed E-state index contributed by atoms with van der Waals surface area (Å²) in [7, 11) is -12.4. The number of alkyl halides is 6. The van der Waals surface area contributed by atoms with Crippen molar-refractivity contribution in [1.29, 1.82) is 0 Å². The molecule has 0 N–H and O–H groups in total. The minimum Gasteiger partial charge on any atom is -0.250 e. The summed E-state index contributed by atoms with van der Waals surface area (Å²) in [6.07, 6.45) is 0. The first-order valence-electron chi connectivity index (χ1n) is 8.92. The Kier molecular flexibility index (Phi) is 6.49. The second-order valence-corrected chi connectivity index (χ2v) is 13.7. The van der Waals surface area contributed by atoms with E-state index in [1.165, 1.54) is 60.7 Å². The molecule has 1 fully saturated rings. The number of hydrogen-bond donors (Lipinski definition) is 0. The van der Waals surface area contributed by atoms with Crippen LogP contribution in [0.2, 0.25) is 5.79 Å². The first-order chi connectivity index (χ1) is 14.6. The second-order valence-electron chi connectivity index (χ2n) is 6.90. The zero-order valence-electron chi connectivity index (χ0n) is 16.1. The van der Waals surface area contributed by atoms with Crippen LogP contribution < -0.4 is 0 Å². The third kappa shape index (κ3) is 4.06. The van der Waals surface area contributed by atoms with Crippen LogP contribution in [0.25, 0.3) is 0 Å². The summed E-state index contributed by atoms with van der Waals surface area (Å²) in [5, 5.41) is 0. The summed E-state index contributed by atoms with van der Waals surface area (Å²) in [5.41, 5.74) is -11.8. The van der Waals surface area contributed by atoms with Crippen LogP contribution in [0.5, 0.6) is 0 Å². The van der Waals surface area contributed by atoms with Gasteiger partial charge in [-0.05, 0) is 11.1 Å². The van der Waals surface area contributed by atoms with E-state index in [4.69, 9.17) is 0 Å². The number of benzene rings is 2. The van der Waals surface area contributed by atoms with Gasteiger partial charge in [-0.1, -0.05) is 66.4 Å². The average Bonchev–Trinajstić information content (AvgIpc) is 3.01. The van der Waals surface area contributed by atoms with Crippen molar-refractivity contribution in [1.82, 2.24) is 6.58 Å². The van der Waals surface area contributed by atoms with Crippen LogP contribution >= 0.6 is 0 Å². The van der Waals surface area contributed by atoms with Gasteiger partial charge in [-0.2, -0.15) is 26.3 Å². The standard InChI is InChI=1S/C16H12F6N2O4S2.CH3.Al/c17-15(18,19)29(25,26)23-13(11-7-3-1-4-8-11)14(12-9-5-2-6-10-12)24-30(27,28)16(20,21)22;;/h1-10,13-14H;1H3;/q-2;;+2/t13-,14-;;/m0../s1. The fourth-order valence-corrected chi connectivity index (χ4v) is 11.8. The highest BCUT2D eigenvalue weighted by atomic mass is 32.2. The Morgan fingerprint density at radius 3 is 1.19 bits per heavy atom. The van der Waals surface area contributed by atoms with Crippen LogP contribution in [0, 0.1) is 0 Å². The lowest BCUT2D eigenvalue weighted by Gasteiger charge is -2.31. The molecule has 0 spiro atoms. The molecule has 0 amide bonds. The molecule has 2 aromatic rings. The highest BCUT2D eigenvalue weighted by molar-refractivity contribution is 7.93. The molecule has 0 aromatic heterocycles. The number of halogens is 6. The SMILES string of the molecule is [CH3][Al]1[N](S(=O)(=O)C(F)(F)F)[C@@H](c2ccccc2)[C@H](c2ccccc2)[N]1S(=O)(=O)C(F)(F)F. The van der Waals surface area contributed by atoms with E-state index in [9.17, 15) is 43.2 Å². The van der Waals surface area contributed by atoms with Gasteiger partial charge in [0.15, 0.2) is 0 Å². The van der Waals surface area contributed by atoms with Crippen molar-refractivity contribution in [2.75, 3.05) is 0 Å². The molecule has 1 saturated heterocycles. The lowest BCUT2D eigenvalue weighted by atomic mass is 9.95. The minimum atomic E-state index is -6.18. The van der Waals surface area contributed by atoms with Gasteiger partial charge in [0.2, 0.25) is 0 Å². The zero-order chi connectivity index (χ0) is 24.1. The Balaban J connectivity index is 2.39. The summed E-state index contributed by atoms with van der Waals surface area (Å²) in [4.78, 5) is 0. The second kappa shape index (κ2) is 8.30. The van der Waals surface area contributed by atoms with Crippen molar-refractivity contribution in [3.63, 3.8) is 0 Å². The molecule has 6 nitrogen and oxygen atoms in total. The molecule has 0 aliphatic carbocycles. The Bertz CT molecular complexity index is 1080. The molecule has 0 unspecified atom stereocenters. The predicted octanol–water partition coefficient (Wildman–Crippen LogP) is 3.90. The molecule has 1 aliphatic heterocycles. The van der Waals surface area contributed by atoms with Gasteiger partial charge in [0.05, 0.1) is 0 Å². The molecule has 1 aliphatic rings. The van der Waals surface area contributed by atoms with Gasteiger partial charge in [-0.25, -0.2) is 23.4 Å². The molecule has 1 heterocycles. The third-order valence-corrected chi connectivity index (χ3v) is 13.4. The summed E-state index contributed by atoms with van der Waals surface area (Å²) in [6.45, 7) is 0. The highest BCUT2D eigenvalue weighted by Gasteiger charge is 2.68. The maximum Gasteiger partial charge on any atom is 0.517 e. The largest absolute Gasteiger partial charge is 0.517 e.